The summed E-state index contributed by atoms with van der Waals surface area (Å²) in [6.45, 7) is 4.71. The number of rotatable bonds is 1. The van der Waals surface area contributed by atoms with Crippen molar-refractivity contribution in [3.63, 3.8) is 0 Å². The lowest BCUT2D eigenvalue weighted by atomic mass is 10.0. The third-order valence-corrected chi connectivity index (χ3v) is 4.21. The van der Waals surface area contributed by atoms with E-state index in [1.807, 2.05) is 0 Å². The van der Waals surface area contributed by atoms with Gasteiger partial charge in [-0.2, -0.15) is 0 Å². The molecule has 94 valence electrons. The SMILES string of the molecule is C=C1OC(=O)c2cc(C)c(C(N)=O)cc2S1(=O)=O. The molecule has 2 N–H and O–H groups in total. The number of ether oxygens (including phenoxy) is 1. The Bertz CT molecular complexity index is 702. The predicted octanol–water partition coefficient (Wildman–Crippen LogP) is 0.509. The fourth-order valence-electron chi connectivity index (χ4n) is 1.67. The summed E-state index contributed by atoms with van der Waals surface area (Å²) < 4.78 is 28.4. The Balaban J connectivity index is 2.86. The van der Waals surface area contributed by atoms with E-state index < -0.39 is 26.8 Å². The molecule has 0 saturated heterocycles. The summed E-state index contributed by atoms with van der Waals surface area (Å²) in [5.41, 5.74) is 5.46. The zero-order chi connectivity index (χ0) is 13.7. The summed E-state index contributed by atoms with van der Waals surface area (Å²) in [5.74, 6) is -1.58. The van der Waals surface area contributed by atoms with E-state index in [-0.39, 0.29) is 16.0 Å². The van der Waals surface area contributed by atoms with Gasteiger partial charge in [-0.3, -0.25) is 4.79 Å². The van der Waals surface area contributed by atoms with Gasteiger partial charge >= 0.3 is 5.97 Å². The van der Waals surface area contributed by atoms with Crippen LogP contribution in [0.2, 0.25) is 0 Å². The largest absolute Gasteiger partial charge is 0.411 e. The van der Waals surface area contributed by atoms with Crippen LogP contribution in [-0.2, 0) is 14.6 Å². The van der Waals surface area contributed by atoms with E-state index in [9.17, 15) is 18.0 Å². The predicted molar refractivity (Wildman–Crippen MR) is 61.4 cm³/mol. The van der Waals surface area contributed by atoms with E-state index in [0.717, 1.165) is 6.07 Å². The van der Waals surface area contributed by atoms with Crippen molar-refractivity contribution in [3.8, 4) is 0 Å². The lowest BCUT2D eigenvalue weighted by molar-refractivity contribution is 0.0635. The van der Waals surface area contributed by atoms with Crippen molar-refractivity contribution in [3.05, 3.63) is 40.5 Å². The van der Waals surface area contributed by atoms with Crippen LogP contribution in [0, 0.1) is 6.92 Å². The first kappa shape index (κ1) is 12.3. The molecule has 0 bridgehead atoms. The molecule has 0 unspecified atom stereocenters. The van der Waals surface area contributed by atoms with Crippen LogP contribution in [0.25, 0.3) is 0 Å². The van der Waals surface area contributed by atoms with Crippen LogP contribution in [0.1, 0.15) is 26.3 Å². The van der Waals surface area contributed by atoms with Gasteiger partial charge in [0.1, 0.15) is 0 Å². The van der Waals surface area contributed by atoms with Crippen molar-refractivity contribution in [2.45, 2.75) is 11.8 Å². The molecular formula is C11H9NO5S. The highest BCUT2D eigenvalue weighted by Gasteiger charge is 2.35. The number of aryl methyl sites for hydroxylation is 1. The molecule has 0 spiro atoms. The molecule has 0 atom stereocenters. The van der Waals surface area contributed by atoms with Gasteiger partial charge in [0.25, 0.3) is 0 Å². The van der Waals surface area contributed by atoms with E-state index in [1.165, 1.54) is 6.07 Å². The van der Waals surface area contributed by atoms with Crippen LogP contribution in [0.15, 0.2) is 28.7 Å². The zero-order valence-electron chi connectivity index (χ0n) is 9.39. The third-order valence-electron chi connectivity index (χ3n) is 2.61. The number of sulfone groups is 1. The Labute approximate surface area is 103 Å². The smallest absolute Gasteiger partial charge is 0.345 e. The van der Waals surface area contributed by atoms with Crippen molar-refractivity contribution in [2.24, 2.45) is 5.73 Å². The van der Waals surface area contributed by atoms with Crippen molar-refractivity contribution in [2.75, 3.05) is 0 Å². The van der Waals surface area contributed by atoms with Gasteiger partial charge in [-0.05, 0) is 31.2 Å². The van der Waals surface area contributed by atoms with E-state index >= 15 is 0 Å². The number of carbonyl (C=O) groups is 2. The number of primary amides is 1. The second-order valence-corrected chi connectivity index (χ2v) is 5.69. The van der Waals surface area contributed by atoms with Crippen LogP contribution in [0.5, 0.6) is 0 Å². The highest BCUT2D eigenvalue weighted by atomic mass is 32.2. The van der Waals surface area contributed by atoms with Gasteiger partial charge in [0.05, 0.1) is 10.5 Å². The number of fused-ring (bicyclic) bond motifs is 1. The molecule has 1 aromatic rings. The average molecular weight is 267 g/mol. The Morgan fingerprint density at radius 3 is 2.56 bits per heavy atom. The lowest BCUT2D eigenvalue weighted by Gasteiger charge is -2.18. The van der Waals surface area contributed by atoms with E-state index in [1.54, 1.807) is 6.92 Å². The zero-order valence-corrected chi connectivity index (χ0v) is 10.2. The molecule has 1 heterocycles. The molecule has 1 aromatic carbocycles. The molecule has 0 fully saturated rings. The molecule has 7 heteroatoms. The lowest BCUT2D eigenvalue weighted by Crippen LogP contribution is -2.24. The normalized spacial score (nSPS) is 16.9. The maximum Gasteiger partial charge on any atom is 0.345 e. The Kier molecular flexibility index (Phi) is 2.51. The fourth-order valence-corrected chi connectivity index (χ4v) is 2.81. The summed E-state index contributed by atoms with van der Waals surface area (Å²) in [6, 6.07) is 2.34. The fraction of sp³-hybridized carbons (Fsp3) is 0.0909. The van der Waals surface area contributed by atoms with Crippen LogP contribution in [0.3, 0.4) is 0 Å². The number of cyclic esters (lactones) is 1. The first-order chi connectivity index (χ1) is 8.25. The number of hydrogen-bond acceptors (Lipinski definition) is 5. The summed E-state index contributed by atoms with van der Waals surface area (Å²) in [5, 5.41) is -0.653. The number of nitrogens with two attached hydrogens (primary N) is 1. The second-order valence-electron chi connectivity index (χ2n) is 3.79. The van der Waals surface area contributed by atoms with E-state index in [4.69, 9.17) is 5.73 Å². The quantitative estimate of drug-likeness (QED) is 0.746. The van der Waals surface area contributed by atoms with Crippen LogP contribution < -0.4 is 5.73 Å². The Hall–Kier alpha value is -2.15. The van der Waals surface area contributed by atoms with E-state index in [2.05, 4.69) is 11.3 Å². The molecule has 0 radical (unpaired) electrons. The molecule has 0 saturated carbocycles. The highest BCUT2D eigenvalue weighted by Crippen LogP contribution is 2.31. The maximum atomic E-state index is 11.9. The standard InChI is InChI=1S/C11H9NO5S/c1-5-3-8-9(4-7(5)10(12)13)18(15,16)6(2)17-11(8)14/h3-4H,2H2,1H3,(H2,12,13). The average Bonchev–Trinajstić information content (AvgIpc) is 2.25. The maximum absolute atomic E-state index is 11.9. The minimum absolute atomic E-state index is 0.0415. The van der Waals surface area contributed by atoms with Crippen LogP contribution in [0.4, 0.5) is 0 Å². The topological polar surface area (TPSA) is 104 Å². The monoisotopic (exact) mass is 267 g/mol. The molecule has 1 aliphatic heterocycles. The first-order valence-electron chi connectivity index (χ1n) is 4.86. The molecule has 2 rings (SSSR count). The first-order valence-corrected chi connectivity index (χ1v) is 6.34. The molecule has 0 aliphatic carbocycles. The van der Waals surface area contributed by atoms with Crippen molar-refractivity contribution in [1.29, 1.82) is 0 Å². The summed E-state index contributed by atoms with van der Waals surface area (Å²) >= 11 is 0. The van der Waals surface area contributed by atoms with Crippen molar-refractivity contribution < 1.29 is 22.7 Å². The van der Waals surface area contributed by atoms with Gasteiger partial charge in [-0.15, -0.1) is 0 Å². The van der Waals surface area contributed by atoms with Crippen molar-refractivity contribution >= 4 is 21.7 Å². The van der Waals surface area contributed by atoms with E-state index in [0.29, 0.717) is 5.56 Å². The minimum atomic E-state index is -3.97. The van der Waals surface area contributed by atoms with Gasteiger partial charge < -0.3 is 10.5 Å². The van der Waals surface area contributed by atoms with Crippen molar-refractivity contribution in [1.82, 2.24) is 0 Å². The molecule has 1 amide bonds. The number of amides is 1. The van der Waals surface area contributed by atoms with Crippen LogP contribution >= 0.6 is 0 Å². The number of hydrogen-bond donors (Lipinski definition) is 1. The Morgan fingerprint density at radius 1 is 1.39 bits per heavy atom. The molecule has 0 aromatic heterocycles. The van der Waals surface area contributed by atoms with Gasteiger partial charge in [0.15, 0.2) is 0 Å². The van der Waals surface area contributed by atoms with Gasteiger partial charge in [-0.25, -0.2) is 13.2 Å². The van der Waals surface area contributed by atoms with Gasteiger partial charge in [-0.1, -0.05) is 0 Å². The summed E-state index contributed by atoms with van der Waals surface area (Å²) in [6.07, 6.45) is 0. The van der Waals surface area contributed by atoms with Crippen LogP contribution in [-0.4, -0.2) is 20.3 Å². The van der Waals surface area contributed by atoms with Gasteiger partial charge in [0.2, 0.25) is 20.8 Å². The second kappa shape index (κ2) is 3.67. The molecule has 6 nitrogen and oxygen atoms in total. The number of benzene rings is 1. The molecular weight excluding hydrogens is 258 g/mol. The van der Waals surface area contributed by atoms with Gasteiger partial charge in [0, 0.05) is 5.56 Å². The molecule has 18 heavy (non-hydrogen) atoms. The third kappa shape index (κ3) is 1.60. The number of carbonyl (C=O) groups excluding carboxylic acids is 2. The summed E-state index contributed by atoms with van der Waals surface area (Å²) in [4.78, 5) is 22.4. The highest BCUT2D eigenvalue weighted by molar-refractivity contribution is 7.95. The minimum Gasteiger partial charge on any atom is -0.411 e. The Morgan fingerprint density at radius 2 is 2.00 bits per heavy atom. The molecule has 1 aliphatic rings. The summed E-state index contributed by atoms with van der Waals surface area (Å²) in [7, 11) is -3.97. The number of esters is 1.